The molecule has 1 amide bonds. The largest absolute Gasteiger partial charge is 0.398 e. The van der Waals surface area contributed by atoms with Crippen molar-refractivity contribution in [3.8, 4) is 0 Å². The number of hydrogen-bond acceptors (Lipinski definition) is 4. The molecule has 21 heavy (non-hydrogen) atoms. The first-order valence-electron chi connectivity index (χ1n) is 7.61. The van der Waals surface area contributed by atoms with Crippen molar-refractivity contribution in [3.05, 3.63) is 29.3 Å². The Labute approximate surface area is 127 Å². The number of amides is 1. The molecule has 0 aromatic heterocycles. The van der Waals surface area contributed by atoms with Crippen LogP contribution in [0.4, 0.5) is 5.69 Å². The van der Waals surface area contributed by atoms with Crippen LogP contribution >= 0.6 is 0 Å². The highest BCUT2D eigenvalue weighted by Crippen LogP contribution is 2.12. The van der Waals surface area contributed by atoms with Gasteiger partial charge in [0, 0.05) is 44.0 Å². The van der Waals surface area contributed by atoms with Crippen LogP contribution in [0.2, 0.25) is 0 Å². The maximum atomic E-state index is 12.0. The molecule has 5 nitrogen and oxygen atoms in total. The van der Waals surface area contributed by atoms with E-state index in [2.05, 4.69) is 22.2 Å². The Morgan fingerprint density at radius 1 is 1.29 bits per heavy atom. The summed E-state index contributed by atoms with van der Waals surface area (Å²) in [6, 6.07) is 5.45. The Balaban J connectivity index is 1.68. The minimum Gasteiger partial charge on any atom is -0.398 e. The number of anilines is 1. The average Bonchev–Trinajstić information content (AvgIpc) is 2.48. The number of aryl methyl sites for hydroxylation is 1. The number of likely N-dealkylation sites (N-methyl/N-ethyl adjacent to an activating group) is 1. The first-order chi connectivity index (χ1) is 10.1. The summed E-state index contributed by atoms with van der Waals surface area (Å²) in [5, 5.41) is 2.96. The number of piperazine rings is 1. The number of hydrogen-bond donors (Lipinski definition) is 2. The molecule has 1 fully saturated rings. The van der Waals surface area contributed by atoms with Crippen molar-refractivity contribution in [2.24, 2.45) is 0 Å². The van der Waals surface area contributed by atoms with Crippen LogP contribution in [0, 0.1) is 6.92 Å². The molecule has 5 heteroatoms. The quantitative estimate of drug-likeness (QED) is 0.626. The first kappa shape index (κ1) is 15.8. The van der Waals surface area contributed by atoms with Gasteiger partial charge in [-0.1, -0.05) is 6.07 Å². The molecule has 1 heterocycles. The van der Waals surface area contributed by atoms with Crippen LogP contribution in [-0.2, 0) is 0 Å². The van der Waals surface area contributed by atoms with Crippen molar-refractivity contribution >= 4 is 11.6 Å². The fraction of sp³-hybridized carbons (Fsp3) is 0.562. The zero-order chi connectivity index (χ0) is 15.2. The third-order valence-electron chi connectivity index (χ3n) is 4.07. The summed E-state index contributed by atoms with van der Waals surface area (Å²) >= 11 is 0. The Morgan fingerprint density at radius 2 is 2.00 bits per heavy atom. The summed E-state index contributed by atoms with van der Waals surface area (Å²) in [6.07, 6.45) is 0.983. The van der Waals surface area contributed by atoms with E-state index in [0.29, 0.717) is 17.8 Å². The van der Waals surface area contributed by atoms with Crippen LogP contribution in [0.5, 0.6) is 0 Å². The molecular formula is C16H26N4O. The summed E-state index contributed by atoms with van der Waals surface area (Å²) in [4.78, 5) is 16.8. The van der Waals surface area contributed by atoms with Gasteiger partial charge in [-0.15, -0.1) is 0 Å². The molecule has 0 saturated carbocycles. The van der Waals surface area contributed by atoms with E-state index < -0.39 is 0 Å². The highest BCUT2D eigenvalue weighted by molar-refractivity contribution is 5.95. The van der Waals surface area contributed by atoms with Crippen molar-refractivity contribution < 1.29 is 4.79 Å². The smallest absolute Gasteiger partial charge is 0.251 e. The zero-order valence-electron chi connectivity index (χ0n) is 13.1. The molecular weight excluding hydrogens is 264 g/mol. The lowest BCUT2D eigenvalue weighted by atomic mass is 10.1. The van der Waals surface area contributed by atoms with Crippen LogP contribution < -0.4 is 11.1 Å². The van der Waals surface area contributed by atoms with Gasteiger partial charge in [-0.05, 0) is 44.6 Å². The second kappa shape index (κ2) is 7.43. The van der Waals surface area contributed by atoms with Crippen LogP contribution in [0.3, 0.4) is 0 Å². The van der Waals surface area contributed by atoms with Gasteiger partial charge in [-0.25, -0.2) is 0 Å². The molecule has 3 N–H and O–H groups in total. The predicted octanol–water partition coefficient (Wildman–Crippen LogP) is 0.945. The molecule has 1 aliphatic heterocycles. The Kier molecular flexibility index (Phi) is 5.59. The van der Waals surface area contributed by atoms with E-state index in [4.69, 9.17) is 5.73 Å². The van der Waals surface area contributed by atoms with Gasteiger partial charge in [0.2, 0.25) is 0 Å². The van der Waals surface area contributed by atoms with Crippen LogP contribution in [0.15, 0.2) is 18.2 Å². The zero-order valence-corrected chi connectivity index (χ0v) is 13.1. The van der Waals surface area contributed by atoms with Crippen molar-refractivity contribution in [3.63, 3.8) is 0 Å². The summed E-state index contributed by atoms with van der Waals surface area (Å²) < 4.78 is 0. The number of nitrogens with one attached hydrogen (secondary N) is 1. The maximum absolute atomic E-state index is 12.0. The van der Waals surface area contributed by atoms with E-state index in [-0.39, 0.29) is 5.91 Å². The second-order valence-electron chi connectivity index (χ2n) is 5.83. The summed E-state index contributed by atoms with van der Waals surface area (Å²) in [5.41, 5.74) is 8.14. The van der Waals surface area contributed by atoms with Crippen LogP contribution in [-0.4, -0.2) is 62.0 Å². The van der Waals surface area contributed by atoms with Gasteiger partial charge in [0.25, 0.3) is 5.91 Å². The number of nitrogens with zero attached hydrogens (tertiary/aromatic N) is 2. The summed E-state index contributed by atoms with van der Waals surface area (Å²) in [6.45, 7) is 8.21. The number of benzene rings is 1. The van der Waals surface area contributed by atoms with Crippen LogP contribution in [0.25, 0.3) is 0 Å². The lowest BCUT2D eigenvalue weighted by Crippen LogP contribution is -2.45. The van der Waals surface area contributed by atoms with E-state index in [9.17, 15) is 4.79 Å². The lowest BCUT2D eigenvalue weighted by Gasteiger charge is -2.32. The number of carbonyl (C=O) groups excluding carboxylic acids is 1. The van der Waals surface area contributed by atoms with Gasteiger partial charge in [-0.2, -0.15) is 0 Å². The molecule has 1 aliphatic rings. The molecule has 0 spiro atoms. The monoisotopic (exact) mass is 290 g/mol. The number of nitrogens with two attached hydrogens (primary N) is 1. The first-order valence-corrected chi connectivity index (χ1v) is 7.61. The normalized spacial score (nSPS) is 16.9. The van der Waals surface area contributed by atoms with Gasteiger partial charge in [0.15, 0.2) is 0 Å². The lowest BCUT2D eigenvalue weighted by molar-refractivity contribution is 0.0949. The standard InChI is InChI=1S/C16H26N4O/c1-13-4-5-14(12-15(13)17)16(21)18-6-3-7-20-10-8-19(2)9-11-20/h4-5,12H,3,6-11,17H2,1-2H3,(H,18,21). The molecule has 0 atom stereocenters. The molecule has 0 bridgehead atoms. The van der Waals surface area contributed by atoms with Crippen molar-refractivity contribution in [1.82, 2.24) is 15.1 Å². The highest BCUT2D eigenvalue weighted by Gasteiger charge is 2.13. The summed E-state index contributed by atoms with van der Waals surface area (Å²) in [7, 11) is 2.16. The molecule has 1 aromatic carbocycles. The minimum atomic E-state index is -0.0416. The van der Waals surface area contributed by atoms with E-state index >= 15 is 0 Å². The molecule has 1 aromatic rings. The minimum absolute atomic E-state index is 0.0416. The van der Waals surface area contributed by atoms with Gasteiger partial charge in [0.05, 0.1) is 0 Å². The maximum Gasteiger partial charge on any atom is 0.251 e. The van der Waals surface area contributed by atoms with Crippen LogP contribution in [0.1, 0.15) is 22.3 Å². The Bertz CT molecular complexity index is 481. The Hall–Kier alpha value is -1.59. The van der Waals surface area contributed by atoms with Gasteiger partial charge in [-0.3, -0.25) is 4.79 Å². The topological polar surface area (TPSA) is 61.6 Å². The van der Waals surface area contributed by atoms with Crippen molar-refractivity contribution in [2.45, 2.75) is 13.3 Å². The van der Waals surface area contributed by atoms with Gasteiger partial charge < -0.3 is 20.9 Å². The van der Waals surface area contributed by atoms with E-state index in [1.54, 1.807) is 6.07 Å². The fourth-order valence-electron chi connectivity index (χ4n) is 2.46. The number of rotatable bonds is 5. The number of carbonyl (C=O) groups is 1. The van der Waals surface area contributed by atoms with E-state index in [1.165, 1.54) is 0 Å². The molecule has 1 saturated heterocycles. The van der Waals surface area contributed by atoms with E-state index in [1.807, 2.05) is 19.1 Å². The second-order valence-corrected chi connectivity index (χ2v) is 5.83. The molecule has 0 radical (unpaired) electrons. The third-order valence-corrected chi connectivity index (χ3v) is 4.07. The summed E-state index contributed by atoms with van der Waals surface area (Å²) in [5.74, 6) is -0.0416. The van der Waals surface area contributed by atoms with E-state index in [0.717, 1.165) is 44.7 Å². The fourth-order valence-corrected chi connectivity index (χ4v) is 2.46. The average molecular weight is 290 g/mol. The number of nitrogen functional groups attached to an aromatic ring is 1. The molecule has 116 valence electrons. The molecule has 2 rings (SSSR count). The third kappa shape index (κ3) is 4.72. The van der Waals surface area contributed by atoms with Gasteiger partial charge >= 0.3 is 0 Å². The SMILES string of the molecule is Cc1ccc(C(=O)NCCCN2CCN(C)CC2)cc1N. The van der Waals surface area contributed by atoms with Crippen molar-refractivity contribution in [2.75, 3.05) is 52.0 Å². The molecule has 0 aliphatic carbocycles. The predicted molar refractivity (Wildman–Crippen MR) is 86.5 cm³/mol. The van der Waals surface area contributed by atoms with Crippen molar-refractivity contribution in [1.29, 1.82) is 0 Å². The Morgan fingerprint density at radius 3 is 2.67 bits per heavy atom. The highest BCUT2D eigenvalue weighted by atomic mass is 16.1. The molecule has 0 unspecified atom stereocenters. The van der Waals surface area contributed by atoms with Gasteiger partial charge in [0.1, 0.15) is 0 Å².